The van der Waals surface area contributed by atoms with E-state index in [0.717, 1.165) is 44.3 Å². The van der Waals surface area contributed by atoms with Crippen LogP contribution in [0, 0.1) is 0 Å². The molecule has 2 heterocycles. The third-order valence-electron chi connectivity index (χ3n) is 3.17. The Bertz CT molecular complexity index is 612. The Balaban J connectivity index is 0.00000264. The van der Waals surface area contributed by atoms with Crippen molar-refractivity contribution in [2.24, 2.45) is 4.99 Å². The molecule has 0 saturated carbocycles. The Morgan fingerprint density at radius 1 is 1.35 bits per heavy atom. The van der Waals surface area contributed by atoms with Crippen LogP contribution in [0.15, 0.2) is 27.2 Å². The number of aryl methyl sites for hydroxylation is 1. The van der Waals surface area contributed by atoms with Gasteiger partial charge in [-0.15, -0.1) is 45.5 Å². The van der Waals surface area contributed by atoms with E-state index in [2.05, 4.69) is 65.4 Å². The second-order valence-corrected chi connectivity index (χ2v) is 7.22. The number of hydrogen-bond acceptors (Lipinski definition) is 4. The molecule has 0 bridgehead atoms. The van der Waals surface area contributed by atoms with Crippen molar-refractivity contribution < 1.29 is 0 Å². The molecule has 2 N–H and O–H groups in total. The summed E-state index contributed by atoms with van der Waals surface area (Å²) < 4.78 is 3.23. The Kier molecular flexibility index (Phi) is 9.72. The highest BCUT2D eigenvalue weighted by Gasteiger charge is 2.03. The maximum absolute atomic E-state index is 4.23. The van der Waals surface area contributed by atoms with Gasteiger partial charge in [0.1, 0.15) is 12.2 Å². The lowest BCUT2D eigenvalue weighted by atomic mass is 10.3. The largest absolute Gasteiger partial charge is 0.356 e. The van der Waals surface area contributed by atoms with Crippen molar-refractivity contribution in [1.29, 1.82) is 0 Å². The summed E-state index contributed by atoms with van der Waals surface area (Å²) in [6.07, 6.45) is 3.65. The van der Waals surface area contributed by atoms with E-state index in [0.29, 0.717) is 0 Å². The van der Waals surface area contributed by atoms with Gasteiger partial charge < -0.3 is 15.2 Å². The van der Waals surface area contributed by atoms with Crippen molar-refractivity contribution in [3.63, 3.8) is 0 Å². The highest BCUT2D eigenvalue weighted by Crippen LogP contribution is 2.21. The molecule has 128 valence electrons. The molecule has 0 fully saturated rings. The van der Waals surface area contributed by atoms with Crippen LogP contribution in [0.4, 0.5) is 0 Å². The average Bonchev–Trinajstić information content (AvgIpc) is 3.14. The highest BCUT2D eigenvalue weighted by atomic mass is 127. The van der Waals surface area contributed by atoms with Gasteiger partial charge in [-0.1, -0.05) is 6.92 Å². The molecule has 23 heavy (non-hydrogen) atoms. The van der Waals surface area contributed by atoms with E-state index in [1.807, 2.05) is 0 Å². The zero-order chi connectivity index (χ0) is 15.8. The predicted molar refractivity (Wildman–Crippen MR) is 110 cm³/mol. The molecule has 0 amide bonds. The van der Waals surface area contributed by atoms with Crippen LogP contribution in [0.3, 0.4) is 0 Å². The van der Waals surface area contributed by atoms with Gasteiger partial charge in [-0.25, -0.2) is 0 Å². The van der Waals surface area contributed by atoms with Crippen molar-refractivity contribution in [3.8, 4) is 0 Å². The molecule has 0 saturated heterocycles. The Labute approximate surface area is 166 Å². The number of nitrogens with one attached hydrogen (secondary N) is 2. The fourth-order valence-electron chi connectivity index (χ4n) is 2.05. The third kappa shape index (κ3) is 6.76. The van der Waals surface area contributed by atoms with Gasteiger partial charge in [0, 0.05) is 38.0 Å². The molecule has 2 aromatic heterocycles. The number of aromatic nitrogens is 3. The Morgan fingerprint density at radius 2 is 2.13 bits per heavy atom. The molecule has 0 radical (unpaired) electrons. The molecular weight excluding hydrogens is 491 g/mol. The normalized spacial score (nSPS) is 11.2. The molecule has 0 aliphatic rings. The summed E-state index contributed by atoms with van der Waals surface area (Å²) in [6.45, 7) is 4.56. The fourth-order valence-corrected chi connectivity index (χ4v) is 3.53. The molecule has 2 aromatic rings. The summed E-state index contributed by atoms with van der Waals surface area (Å²) in [7, 11) is 1.79. The number of thiophene rings is 1. The lowest BCUT2D eigenvalue weighted by molar-refractivity contribution is 0.632. The fraction of sp³-hybridized carbons (Fsp3) is 0.500. The van der Waals surface area contributed by atoms with E-state index in [4.69, 9.17) is 0 Å². The van der Waals surface area contributed by atoms with Crippen molar-refractivity contribution in [3.05, 3.63) is 32.9 Å². The second-order valence-electron chi connectivity index (χ2n) is 4.68. The summed E-state index contributed by atoms with van der Waals surface area (Å²) in [4.78, 5) is 5.59. The zero-order valence-corrected chi connectivity index (χ0v) is 18.0. The number of hydrogen-bond donors (Lipinski definition) is 2. The van der Waals surface area contributed by atoms with Crippen LogP contribution >= 0.6 is 51.2 Å². The summed E-state index contributed by atoms with van der Waals surface area (Å²) in [6, 6.07) is 4.22. The van der Waals surface area contributed by atoms with Crippen LogP contribution in [0.2, 0.25) is 0 Å². The maximum Gasteiger partial charge on any atom is 0.191 e. The van der Waals surface area contributed by atoms with Crippen LogP contribution in [0.5, 0.6) is 0 Å². The number of guanidine groups is 1. The van der Waals surface area contributed by atoms with Crippen molar-refractivity contribution in [2.75, 3.05) is 20.1 Å². The van der Waals surface area contributed by atoms with Gasteiger partial charge in [-0.2, -0.15) is 0 Å². The second kappa shape index (κ2) is 11.0. The first-order valence-corrected chi connectivity index (χ1v) is 8.89. The molecule has 0 unspecified atom stereocenters. The van der Waals surface area contributed by atoms with Gasteiger partial charge in [0.05, 0.1) is 3.79 Å². The molecule has 0 aliphatic heterocycles. The lowest BCUT2D eigenvalue weighted by Crippen LogP contribution is -2.39. The highest BCUT2D eigenvalue weighted by molar-refractivity contribution is 14.0. The van der Waals surface area contributed by atoms with Crippen LogP contribution < -0.4 is 10.6 Å². The maximum atomic E-state index is 4.23. The predicted octanol–water partition coefficient (Wildman–Crippen LogP) is 2.69. The third-order valence-corrected chi connectivity index (χ3v) is 4.86. The molecule has 9 heteroatoms. The van der Waals surface area contributed by atoms with Gasteiger partial charge in [0.25, 0.3) is 0 Å². The van der Waals surface area contributed by atoms with Crippen molar-refractivity contribution >= 4 is 57.2 Å². The lowest BCUT2D eigenvalue weighted by Gasteiger charge is -2.12. The van der Waals surface area contributed by atoms with Crippen LogP contribution in [-0.4, -0.2) is 40.9 Å². The van der Waals surface area contributed by atoms with Crippen molar-refractivity contribution in [1.82, 2.24) is 25.4 Å². The van der Waals surface area contributed by atoms with Crippen LogP contribution in [-0.2, 0) is 19.4 Å². The van der Waals surface area contributed by atoms with Gasteiger partial charge in [-0.3, -0.25) is 4.99 Å². The quantitative estimate of drug-likeness (QED) is 0.340. The first-order valence-electron chi connectivity index (χ1n) is 7.28. The van der Waals surface area contributed by atoms with Gasteiger partial charge in [0.2, 0.25) is 0 Å². The van der Waals surface area contributed by atoms with Gasteiger partial charge in [0.15, 0.2) is 5.96 Å². The number of nitrogens with zero attached hydrogens (tertiary/aromatic N) is 4. The van der Waals surface area contributed by atoms with E-state index in [1.54, 1.807) is 24.7 Å². The van der Waals surface area contributed by atoms with E-state index < -0.39 is 0 Å². The minimum Gasteiger partial charge on any atom is -0.356 e. The monoisotopic (exact) mass is 512 g/mol. The molecule has 2 rings (SSSR count). The summed E-state index contributed by atoms with van der Waals surface area (Å²) >= 11 is 5.25. The van der Waals surface area contributed by atoms with Gasteiger partial charge >= 0.3 is 0 Å². The zero-order valence-electron chi connectivity index (χ0n) is 13.3. The number of aliphatic imine (C=N–C) groups is 1. The molecule has 6 nitrogen and oxygen atoms in total. The average molecular weight is 513 g/mol. The first-order chi connectivity index (χ1) is 10.7. The summed E-state index contributed by atoms with van der Waals surface area (Å²) in [5, 5.41) is 14.6. The van der Waals surface area contributed by atoms with E-state index in [1.165, 1.54) is 8.66 Å². The molecule has 0 aromatic carbocycles. The first kappa shape index (κ1) is 20.4. The topological polar surface area (TPSA) is 67.1 Å². The molecule has 0 aliphatic carbocycles. The molecule has 0 atom stereocenters. The SMILES string of the molecule is CCc1nncn1CCNC(=NC)NCCc1ccc(Br)s1.I. The summed E-state index contributed by atoms with van der Waals surface area (Å²) in [5.41, 5.74) is 0. The minimum absolute atomic E-state index is 0. The Morgan fingerprint density at radius 3 is 2.78 bits per heavy atom. The smallest absolute Gasteiger partial charge is 0.191 e. The number of halogens is 2. The van der Waals surface area contributed by atoms with E-state index in [9.17, 15) is 0 Å². The van der Waals surface area contributed by atoms with Crippen molar-refractivity contribution in [2.45, 2.75) is 26.3 Å². The van der Waals surface area contributed by atoms with Crippen LogP contribution in [0.25, 0.3) is 0 Å². The number of rotatable bonds is 7. The Hall–Kier alpha value is -0.680. The van der Waals surface area contributed by atoms with Gasteiger partial charge in [-0.05, 0) is 34.5 Å². The van der Waals surface area contributed by atoms with E-state index in [-0.39, 0.29) is 24.0 Å². The standard InChI is InChI=1S/C14H21BrN6S.HI/c1-3-13-20-19-10-21(13)9-8-18-14(16-2)17-7-6-11-4-5-12(15)22-11;/h4-5,10H,3,6-9H2,1-2H3,(H2,16,17,18);1H. The summed E-state index contributed by atoms with van der Waals surface area (Å²) in [5.74, 6) is 1.83. The molecule has 0 spiro atoms. The molecular formula is C14H22BrIN6S. The minimum atomic E-state index is 0. The van der Waals surface area contributed by atoms with E-state index >= 15 is 0 Å². The van der Waals surface area contributed by atoms with Crippen LogP contribution in [0.1, 0.15) is 17.6 Å².